The standard InChI is InChI=1S/C18H17F3N2O2S/c1-22-16(25)14-12-7-2-3-8-13(12)26-17(14)23-15(24)10-5-4-6-11(9-10)18(19,20)21/h4-6,9H,2-3,7-8H2,1H3,(H,22,25)(H,23,24). The minimum absolute atomic E-state index is 0.103. The van der Waals surface area contributed by atoms with Crippen LogP contribution in [-0.2, 0) is 19.0 Å². The van der Waals surface area contributed by atoms with Crippen LogP contribution in [0, 0.1) is 0 Å². The lowest BCUT2D eigenvalue weighted by atomic mass is 9.95. The van der Waals surface area contributed by atoms with Gasteiger partial charge in [-0.2, -0.15) is 13.2 Å². The predicted octanol–water partition coefficient (Wildman–Crippen LogP) is 4.26. The van der Waals surface area contributed by atoms with E-state index in [1.165, 1.54) is 30.5 Å². The van der Waals surface area contributed by atoms with Crippen molar-refractivity contribution in [1.29, 1.82) is 0 Å². The molecule has 0 fully saturated rings. The number of halogens is 3. The van der Waals surface area contributed by atoms with E-state index in [0.717, 1.165) is 48.3 Å². The number of aryl methyl sites for hydroxylation is 1. The van der Waals surface area contributed by atoms with E-state index in [0.29, 0.717) is 10.6 Å². The van der Waals surface area contributed by atoms with Crippen molar-refractivity contribution < 1.29 is 22.8 Å². The molecule has 0 bridgehead atoms. The van der Waals surface area contributed by atoms with Crippen LogP contribution in [0.2, 0.25) is 0 Å². The number of amides is 2. The number of benzene rings is 1. The molecule has 1 aromatic heterocycles. The number of rotatable bonds is 3. The van der Waals surface area contributed by atoms with Gasteiger partial charge in [-0.15, -0.1) is 11.3 Å². The third-order valence-corrected chi connectivity index (χ3v) is 5.51. The lowest BCUT2D eigenvalue weighted by molar-refractivity contribution is -0.137. The first-order valence-electron chi connectivity index (χ1n) is 8.16. The third kappa shape index (κ3) is 3.60. The van der Waals surface area contributed by atoms with Gasteiger partial charge in [0.2, 0.25) is 0 Å². The minimum atomic E-state index is -4.52. The fraction of sp³-hybridized carbons (Fsp3) is 0.333. The molecule has 0 radical (unpaired) electrons. The van der Waals surface area contributed by atoms with E-state index in [4.69, 9.17) is 0 Å². The number of anilines is 1. The van der Waals surface area contributed by atoms with Crippen LogP contribution >= 0.6 is 11.3 Å². The fourth-order valence-electron chi connectivity index (χ4n) is 3.03. The van der Waals surface area contributed by atoms with Crippen LogP contribution in [0.15, 0.2) is 24.3 Å². The van der Waals surface area contributed by atoms with Gasteiger partial charge in [0.05, 0.1) is 11.1 Å². The van der Waals surface area contributed by atoms with Crippen LogP contribution in [0.5, 0.6) is 0 Å². The first-order chi connectivity index (χ1) is 12.3. The quantitative estimate of drug-likeness (QED) is 0.834. The predicted molar refractivity (Wildman–Crippen MR) is 93.7 cm³/mol. The second-order valence-electron chi connectivity index (χ2n) is 6.03. The molecular formula is C18H17F3N2O2S. The van der Waals surface area contributed by atoms with Crippen LogP contribution in [0.4, 0.5) is 18.2 Å². The summed E-state index contributed by atoms with van der Waals surface area (Å²) >= 11 is 1.32. The molecule has 1 aliphatic carbocycles. The van der Waals surface area contributed by atoms with Crippen molar-refractivity contribution in [2.45, 2.75) is 31.9 Å². The number of alkyl halides is 3. The van der Waals surface area contributed by atoms with Crippen molar-refractivity contribution >= 4 is 28.2 Å². The van der Waals surface area contributed by atoms with Gasteiger partial charge in [0.25, 0.3) is 11.8 Å². The Bertz CT molecular complexity index is 859. The third-order valence-electron chi connectivity index (χ3n) is 4.30. The minimum Gasteiger partial charge on any atom is -0.355 e. The zero-order valence-corrected chi connectivity index (χ0v) is 14.8. The van der Waals surface area contributed by atoms with Crippen molar-refractivity contribution in [2.24, 2.45) is 0 Å². The van der Waals surface area contributed by atoms with Crippen LogP contribution in [-0.4, -0.2) is 18.9 Å². The van der Waals surface area contributed by atoms with E-state index in [1.807, 2.05) is 0 Å². The van der Waals surface area contributed by atoms with Gasteiger partial charge in [-0.25, -0.2) is 0 Å². The number of fused-ring (bicyclic) bond motifs is 1. The zero-order chi connectivity index (χ0) is 18.9. The SMILES string of the molecule is CNC(=O)c1c(NC(=O)c2cccc(C(F)(F)F)c2)sc2c1CCCC2. The Labute approximate surface area is 152 Å². The lowest BCUT2D eigenvalue weighted by Crippen LogP contribution is -2.22. The van der Waals surface area contributed by atoms with Gasteiger partial charge >= 0.3 is 6.18 Å². The molecule has 1 aliphatic rings. The molecule has 0 saturated heterocycles. The summed E-state index contributed by atoms with van der Waals surface area (Å²) in [7, 11) is 1.51. The highest BCUT2D eigenvalue weighted by molar-refractivity contribution is 7.17. The first-order valence-corrected chi connectivity index (χ1v) is 8.98. The molecular weight excluding hydrogens is 365 g/mol. The van der Waals surface area contributed by atoms with Crippen molar-refractivity contribution in [1.82, 2.24) is 5.32 Å². The molecule has 138 valence electrons. The summed E-state index contributed by atoms with van der Waals surface area (Å²) in [6.07, 6.45) is -0.945. The molecule has 0 unspecified atom stereocenters. The molecule has 2 amide bonds. The van der Waals surface area contributed by atoms with E-state index >= 15 is 0 Å². The average Bonchev–Trinajstić information content (AvgIpc) is 2.98. The Kier molecular flexibility index (Phi) is 5.04. The Hall–Kier alpha value is -2.35. The summed E-state index contributed by atoms with van der Waals surface area (Å²) in [4.78, 5) is 25.8. The highest BCUT2D eigenvalue weighted by Gasteiger charge is 2.31. The van der Waals surface area contributed by atoms with E-state index in [1.54, 1.807) is 0 Å². The Balaban J connectivity index is 1.93. The van der Waals surface area contributed by atoms with E-state index in [2.05, 4.69) is 10.6 Å². The summed E-state index contributed by atoms with van der Waals surface area (Å²) in [5.41, 5.74) is 0.365. The maximum absolute atomic E-state index is 12.8. The number of thiophene rings is 1. The summed E-state index contributed by atoms with van der Waals surface area (Å²) < 4.78 is 38.5. The van der Waals surface area contributed by atoms with Crippen LogP contribution in [0.3, 0.4) is 0 Å². The van der Waals surface area contributed by atoms with E-state index in [9.17, 15) is 22.8 Å². The van der Waals surface area contributed by atoms with Crippen molar-refractivity contribution in [3.05, 3.63) is 51.4 Å². The largest absolute Gasteiger partial charge is 0.416 e. The van der Waals surface area contributed by atoms with Gasteiger partial charge in [-0.1, -0.05) is 6.07 Å². The molecule has 0 aliphatic heterocycles. The van der Waals surface area contributed by atoms with Crippen molar-refractivity contribution in [3.63, 3.8) is 0 Å². The maximum Gasteiger partial charge on any atom is 0.416 e. The highest BCUT2D eigenvalue weighted by Crippen LogP contribution is 2.38. The monoisotopic (exact) mass is 382 g/mol. The van der Waals surface area contributed by atoms with Crippen LogP contribution in [0.1, 0.15) is 49.6 Å². The van der Waals surface area contributed by atoms with Gasteiger partial charge in [-0.05, 0) is 49.4 Å². The first kappa shape index (κ1) is 18.4. The molecule has 8 heteroatoms. The molecule has 0 atom stereocenters. The smallest absolute Gasteiger partial charge is 0.355 e. The second kappa shape index (κ2) is 7.11. The maximum atomic E-state index is 12.8. The van der Waals surface area contributed by atoms with Crippen LogP contribution < -0.4 is 10.6 Å². The van der Waals surface area contributed by atoms with Crippen molar-refractivity contribution in [2.75, 3.05) is 12.4 Å². The highest BCUT2D eigenvalue weighted by atomic mass is 32.1. The number of carbonyl (C=O) groups excluding carboxylic acids is 2. The molecule has 1 heterocycles. The Morgan fingerprint density at radius 2 is 1.85 bits per heavy atom. The number of nitrogens with one attached hydrogen (secondary N) is 2. The zero-order valence-electron chi connectivity index (χ0n) is 14.0. The van der Waals surface area contributed by atoms with Gasteiger partial charge in [0.15, 0.2) is 0 Å². The molecule has 4 nitrogen and oxygen atoms in total. The summed E-state index contributed by atoms with van der Waals surface area (Å²) in [6, 6.07) is 4.23. The van der Waals surface area contributed by atoms with Gasteiger partial charge in [0, 0.05) is 17.5 Å². The van der Waals surface area contributed by atoms with E-state index in [-0.39, 0.29) is 11.5 Å². The van der Waals surface area contributed by atoms with Crippen LogP contribution in [0.25, 0.3) is 0 Å². The fourth-order valence-corrected chi connectivity index (χ4v) is 4.31. The molecule has 26 heavy (non-hydrogen) atoms. The molecule has 0 spiro atoms. The molecule has 0 saturated carbocycles. The topological polar surface area (TPSA) is 58.2 Å². The normalized spacial score (nSPS) is 13.8. The molecule has 1 aromatic carbocycles. The molecule has 2 N–H and O–H groups in total. The second-order valence-corrected chi connectivity index (χ2v) is 7.13. The number of hydrogen-bond donors (Lipinski definition) is 2. The Morgan fingerprint density at radius 3 is 2.54 bits per heavy atom. The van der Waals surface area contributed by atoms with Gasteiger partial charge < -0.3 is 10.6 Å². The molecule has 3 rings (SSSR count). The van der Waals surface area contributed by atoms with Gasteiger partial charge in [-0.3, -0.25) is 9.59 Å². The summed E-state index contributed by atoms with van der Waals surface area (Å²) in [5.74, 6) is -0.969. The van der Waals surface area contributed by atoms with E-state index < -0.39 is 17.6 Å². The molecule has 2 aromatic rings. The summed E-state index contributed by atoms with van der Waals surface area (Å²) in [6.45, 7) is 0. The summed E-state index contributed by atoms with van der Waals surface area (Å²) in [5, 5.41) is 5.58. The number of hydrogen-bond acceptors (Lipinski definition) is 3. The number of carbonyl (C=O) groups is 2. The van der Waals surface area contributed by atoms with Crippen molar-refractivity contribution in [3.8, 4) is 0 Å². The Morgan fingerprint density at radius 1 is 1.12 bits per heavy atom. The average molecular weight is 382 g/mol. The van der Waals surface area contributed by atoms with Gasteiger partial charge in [0.1, 0.15) is 5.00 Å². The lowest BCUT2D eigenvalue weighted by Gasteiger charge is -2.12.